The van der Waals surface area contributed by atoms with Crippen molar-refractivity contribution in [2.75, 3.05) is 33.3 Å². The maximum Gasteiger partial charge on any atom is 1.00 e. The third-order valence-corrected chi connectivity index (χ3v) is 16.0. The average molecular weight is 897 g/mol. The standard InChI is InChI=1S/C27H30FNO3.C26H28FNO3.Na.H2O/c1-31-26(30)19-9-21(10-19)29-15-27(16-29)12-18-7-8-22(11-20(18)13-27)32-14-24-23(17-5-6-17)3-2-4-25(24)28;27-24-3-1-2-22(16-4-5-16)23(24)13-31-21-7-6-17-11-26(12-19(17)10-21)14-28(15-26)20-8-18(9-20)25(29)30;;/h2-4,7-8,11,17,19,21H,5-6,9-10,12-16H2,1H3;1-3,6-7,10,16,18,20H,4-5,8-9,11-15H2,(H,29,30);;1H2/q;;+1;/p-1. The molecule has 12 rings (SSSR count). The van der Waals surface area contributed by atoms with E-state index in [0.29, 0.717) is 52.5 Å². The molecule has 2 saturated heterocycles. The molecule has 2 N–H and O–H groups in total. The van der Waals surface area contributed by atoms with Gasteiger partial charge in [0.05, 0.1) is 18.9 Å². The van der Waals surface area contributed by atoms with E-state index in [1.165, 1.54) is 41.5 Å². The topological polar surface area (TPSA) is 119 Å². The van der Waals surface area contributed by atoms with E-state index in [1.54, 1.807) is 6.07 Å². The number of fused-ring (bicyclic) bond motifs is 2. The molecule has 338 valence electrons. The molecule has 6 fully saturated rings. The Hall–Kier alpha value is -3.84. The smallest absolute Gasteiger partial charge is 0.870 e. The number of hydrogen-bond acceptors (Lipinski definition) is 8. The van der Waals surface area contributed by atoms with Gasteiger partial charge < -0.3 is 24.8 Å². The number of halogens is 2. The largest absolute Gasteiger partial charge is 1.00 e. The molecule has 4 saturated carbocycles. The molecule has 0 atom stereocenters. The van der Waals surface area contributed by atoms with E-state index in [4.69, 9.17) is 19.3 Å². The molecule has 8 aliphatic rings. The van der Waals surface area contributed by atoms with Gasteiger partial charge in [0, 0.05) is 60.2 Å². The number of aliphatic carboxylic acids is 1. The number of benzene rings is 4. The summed E-state index contributed by atoms with van der Waals surface area (Å²) in [7, 11) is 1.48. The van der Waals surface area contributed by atoms with Crippen molar-refractivity contribution in [3.63, 3.8) is 0 Å². The van der Waals surface area contributed by atoms with Crippen molar-refractivity contribution in [3.8, 4) is 11.5 Å². The molecule has 0 radical (unpaired) electrons. The van der Waals surface area contributed by atoms with Crippen LogP contribution < -0.4 is 39.0 Å². The molecule has 12 heteroatoms. The van der Waals surface area contributed by atoms with Crippen LogP contribution in [0.25, 0.3) is 0 Å². The summed E-state index contributed by atoms with van der Waals surface area (Å²) in [5.74, 6) is 1.58. The second kappa shape index (κ2) is 18.3. The van der Waals surface area contributed by atoms with Gasteiger partial charge in [0.25, 0.3) is 0 Å². The number of carboxylic acid groups (broad SMARTS) is 1. The normalized spacial score (nSPS) is 25.2. The minimum Gasteiger partial charge on any atom is -0.870 e. The Bertz CT molecular complexity index is 2430. The Morgan fingerprint density at radius 2 is 1.05 bits per heavy atom. The van der Waals surface area contributed by atoms with Crippen molar-refractivity contribution in [2.45, 2.75) is 114 Å². The number of ether oxygens (including phenoxy) is 3. The molecule has 0 unspecified atom stereocenters. The van der Waals surface area contributed by atoms with Crippen molar-refractivity contribution < 1.29 is 72.7 Å². The van der Waals surface area contributed by atoms with Crippen LogP contribution in [0.5, 0.6) is 11.5 Å². The summed E-state index contributed by atoms with van der Waals surface area (Å²) in [5.41, 5.74) is 9.83. The molecule has 2 aliphatic heterocycles. The van der Waals surface area contributed by atoms with Crippen molar-refractivity contribution in [1.82, 2.24) is 9.80 Å². The number of carboxylic acids is 1. The molecule has 65 heavy (non-hydrogen) atoms. The Morgan fingerprint density at radius 1 is 0.631 bits per heavy atom. The Balaban J connectivity index is 0.000000159. The summed E-state index contributed by atoms with van der Waals surface area (Å²) in [4.78, 5) is 27.7. The first-order valence-corrected chi connectivity index (χ1v) is 23.4. The van der Waals surface area contributed by atoms with E-state index in [9.17, 15) is 18.4 Å². The van der Waals surface area contributed by atoms with Gasteiger partial charge in [-0.3, -0.25) is 19.4 Å². The number of esters is 1. The van der Waals surface area contributed by atoms with Crippen LogP contribution in [-0.2, 0) is 53.2 Å². The average Bonchev–Trinajstić information content (AvgIpc) is 4.15. The van der Waals surface area contributed by atoms with E-state index in [1.807, 2.05) is 30.3 Å². The van der Waals surface area contributed by atoms with Gasteiger partial charge in [-0.05, 0) is 159 Å². The van der Waals surface area contributed by atoms with Gasteiger partial charge in [0.15, 0.2) is 0 Å². The van der Waals surface area contributed by atoms with Gasteiger partial charge in [-0.15, -0.1) is 0 Å². The van der Waals surface area contributed by atoms with Crippen LogP contribution in [0, 0.1) is 34.3 Å². The van der Waals surface area contributed by atoms with E-state index >= 15 is 0 Å². The van der Waals surface area contributed by atoms with Crippen molar-refractivity contribution >= 4 is 11.9 Å². The van der Waals surface area contributed by atoms with Crippen LogP contribution in [-0.4, -0.2) is 77.7 Å². The summed E-state index contributed by atoms with van der Waals surface area (Å²) in [5, 5.41) is 9.10. The molecule has 2 spiro atoms. The first kappa shape index (κ1) is 46.3. The van der Waals surface area contributed by atoms with Gasteiger partial charge in [-0.2, -0.15) is 0 Å². The zero-order valence-electron chi connectivity index (χ0n) is 37.7. The second-order valence-corrected chi connectivity index (χ2v) is 20.6. The number of carbonyl (C=O) groups is 2. The Labute approximate surface area is 402 Å². The van der Waals surface area contributed by atoms with Gasteiger partial charge in [-0.1, -0.05) is 36.4 Å². The molecule has 4 aromatic carbocycles. The summed E-state index contributed by atoms with van der Waals surface area (Å²) in [6.07, 6.45) is 12.4. The summed E-state index contributed by atoms with van der Waals surface area (Å²) >= 11 is 0. The Kier molecular flexibility index (Phi) is 13.1. The number of hydrogen-bond donors (Lipinski definition) is 1. The number of carbonyl (C=O) groups excluding carboxylic acids is 1. The summed E-state index contributed by atoms with van der Waals surface area (Å²) in [6.45, 7) is 4.92. The third-order valence-electron chi connectivity index (χ3n) is 16.0. The molecule has 0 bridgehead atoms. The quantitative estimate of drug-likeness (QED) is 0.135. The van der Waals surface area contributed by atoms with E-state index in [0.717, 1.165) is 126 Å². The van der Waals surface area contributed by atoms with Gasteiger partial charge in [-0.25, -0.2) is 8.78 Å². The Morgan fingerprint density at radius 3 is 1.45 bits per heavy atom. The monoisotopic (exact) mass is 896 g/mol. The molecular weight excluding hydrogens is 838 g/mol. The minimum atomic E-state index is -0.646. The predicted molar refractivity (Wildman–Crippen MR) is 236 cm³/mol. The van der Waals surface area contributed by atoms with E-state index in [2.05, 4.69) is 34.1 Å². The molecule has 6 aliphatic carbocycles. The summed E-state index contributed by atoms with van der Waals surface area (Å²) < 4.78 is 45.8. The van der Waals surface area contributed by atoms with Gasteiger partial charge >= 0.3 is 41.5 Å². The molecule has 0 aromatic heterocycles. The van der Waals surface area contributed by atoms with Crippen molar-refractivity contribution in [3.05, 3.63) is 129 Å². The first-order chi connectivity index (χ1) is 30.5. The fraction of sp³-hybridized carbons (Fsp3) is 0.509. The molecular formula is C53H59F2N2NaO7. The zero-order valence-corrected chi connectivity index (χ0v) is 39.7. The van der Waals surface area contributed by atoms with Crippen LogP contribution in [0.4, 0.5) is 8.78 Å². The number of nitrogens with zero attached hydrogens (tertiary/aromatic N) is 2. The maximum atomic E-state index is 14.4. The first-order valence-electron chi connectivity index (χ1n) is 23.4. The third kappa shape index (κ3) is 9.27. The second-order valence-electron chi connectivity index (χ2n) is 20.6. The van der Waals surface area contributed by atoms with Gasteiger partial charge in [0.1, 0.15) is 36.3 Å². The predicted octanol–water partition coefficient (Wildman–Crippen LogP) is 6.01. The van der Waals surface area contributed by atoms with Crippen LogP contribution >= 0.6 is 0 Å². The van der Waals surface area contributed by atoms with Crippen molar-refractivity contribution in [2.24, 2.45) is 22.7 Å². The zero-order chi connectivity index (χ0) is 43.0. The van der Waals surface area contributed by atoms with Crippen LogP contribution in [0.3, 0.4) is 0 Å². The fourth-order valence-electron chi connectivity index (χ4n) is 12.0. The van der Waals surface area contributed by atoms with Crippen LogP contribution in [0.1, 0.15) is 108 Å². The molecule has 4 aromatic rings. The summed E-state index contributed by atoms with van der Waals surface area (Å²) in [6, 6.07) is 24.5. The van der Waals surface area contributed by atoms with E-state index in [-0.39, 0.29) is 71.1 Å². The van der Waals surface area contributed by atoms with Crippen LogP contribution in [0.15, 0.2) is 72.8 Å². The van der Waals surface area contributed by atoms with E-state index < -0.39 is 5.97 Å². The van der Waals surface area contributed by atoms with Crippen molar-refractivity contribution in [1.29, 1.82) is 0 Å². The molecule has 2 heterocycles. The number of likely N-dealkylation sites (tertiary alicyclic amines) is 2. The van der Waals surface area contributed by atoms with Gasteiger partial charge in [0.2, 0.25) is 0 Å². The number of rotatable bonds is 12. The van der Waals surface area contributed by atoms with Crippen LogP contribution in [0.2, 0.25) is 0 Å². The molecule has 0 amide bonds. The fourth-order valence-corrected chi connectivity index (χ4v) is 12.0. The minimum absolute atomic E-state index is 0. The SMILES string of the molecule is COC(=O)C1CC(N2CC3(Cc4ccc(OCc5c(F)cccc5C5CC5)cc4C3)C2)C1.O=C(O)C1CC(N2CC3(Cc4ccc(OCc5c(F)cccc5C5CC5)cc4C3)C2)C1.[Na+].[OH-]. The number of methoxy groups -OCH3 is 1. The molecule has 9 nitrogen and oxygen atoms in total. The maximum absolute atomic E-state index is 14.4.